The summed E-state index contributed by atoms with van der Waals surface area (Å²) in [5.41, 5.74) is 4.15. The fourth-order valence-electron chi connectivity index (χ4n) is 1.07. The Kier molecular flexibility index (Phi) is 11.6. The quantitative estimate of drug-likeness (QED) is 0.333. The van der Waals surface area contributed by atoms with Gasteiger partial charge in [-0.2, -0.15) is 0 Å². The summed E-state index contributed by atoms with van der Waals surface area (Å²) in [5.74, 6) is -0.784. The molecular weight excluding hydrogens is 405 g/mol. The van der Waals surface area contributed by atoms with E-state index in [-0.39, 0.29) is 55.7 Å². The molecule has 1 rings (SSSR count). The van der Waals surface area contributed by atoms with E-state index in [1.165, 1.54) is 6.07 Å². The van der Waals surface area contributed by atoms with Gasteiger partial charge in [-0.05, 0) is 33.4 Å². The van der Waals surface area contributed by atoms with Crippen molar-refractivity contribution in [1.82, 2.24) is 0 Å². The maximum atomic E-state index is 10.9. The molecule has 0 aliphatic heterocycles. The van der Waals surface area contributed by atoms with Gasteiger partial charge in [0, 0.05) is 44.3 Å². The molecule has 0 saturated carbocycles. The van der Waals surface area contributed by atoms with E-state index in [2.05, 4.69) is 11.8 Å². The van der Waals surface area contributed by atoms with Gasteiger partial charge < -0.3 is 17.4 Å². The monoisotopic (exact) mass is 422 g/mol. The third kappa shape index (κ3) is 9.17. The zero-order valence-corrected chi connectivity index (χ0v) is 16.6. The van der Waals surface area contributed by atoms with Crippen molar-refractivity contribution >= 4 is 23.2 Å². The third-order valence-electron chi connectivity index (χ3n) is 2.03. The molecule has 8 nitrogen and oxygen atoms in total. The van der Waals surface area contributed by atoms with E-state index in [9.17, 15) is 14.9 Å². The number of hydrogen-bond acceptors (Lipinski definition) is 6. The number of hydrogen-bond donors (Lipinski definition) is 2. The number of amides is 1. The minimum absolute atomic E-state index is 0. The largest absolute Gasteiger partial charge is 0.524 e. The number of carbonyl (C=O) groups is 1. The standard InChI is InChI=1S/C9H8ClN2O4.C4H10O2.Y/c1-2-16-7-4-5(9(11)13)3-6(8(7)10)12(14)15;1-4(2,3)6-5;/h3-4H,1-2H2,(H2,11,13);5H,1-3H3;/q-1;;. The van der Waals surface area contributed by atoms with Gasteiger partial charge in [0.25, 0.3) is 5.69 Å². The second-order valence-electron chi connectivity index (χ2n) is 4.98. The number of rotatable bonds is 4. The van der Waals surface area contributed by atoms with E-state index in [0.29, 0.717) is 0 Å². The number of nitrogens with zero attached hydrogens (tertiary/aromatic N) is 1. The van der Waals surface area contributed by atoms with Crippen LogP contribution in [0.25, 0.3) is 0 Å². The zero-order valence-electron chi connectivity index (χ0n) is 13.0. The van der Waals surface area contributed by atoms with Crippen LogP contribution in [0.2, 0.25) is 5.02 Å². The van der Waals surface area contributed by atoms with Crippen LogP contribution in [0, 0.1) is 17.0 Å². The molecule has 0 atom stereocenters. The number of primary amides is 1. The molecule has 0 spiro atoms. The van der Waals surface area contributed by atoms with Gasteiger partial charge in [0.15, 0.2) is 5.02 Å². The van der Waals surface area contributed by atoms with Crippen LogP contribution in [-0.2, 0) is 37.6 Å². The van der Waals surface area contributed by atoms with Gasteiger partial charge in [-0.1, -0.05) is 11.6 Å². The predicted octanol–water partition coefficient (Wildman–Crippen LogP) is 2.83. The van der Waals surface area contributed by atoms with Crippen molar-refractivity contribution < 1.29 is 57.3 Å². The van der Waals surface area contributed by atoms with E-state index < -0.39 is 22.1 Å². The summed E-state index contributed by atoms with van der Waals surface area (Å²) in [6.45, 7) is 8.74. The molecule has 23 heavy (non-hydrogen) atoms. The molecule has 0 aliphatic carbocycles. The normalized spacial score (nSPS) is 10.0. The molecule has 0 aliphatic rings. The van der Waals surface area contributed by atoms with E-state index in [1.807, 2.05) is 0 Å². The molecule has 1 amide bonds. The SMILES string of the molecule is CC(C)(C)OO.[CH2-]COc1cc(C(N)=O)cc([N+](=O)[O-])c1Cl.[Y]. The van der Waals surface area contributed by atoms with Crippen molar-refractivity contribution in [3.05, 3.63) is 39.8 Å². The summed E-state index contributed by atoms with van der Waals surface area (Å²) in [5, 5.41) is 18.4. The van der Waals surface area contributed by atoms with Gasteiger partial charge >= 0.3 is 0 Å². The van der Waals surface area contributed by atoms with Gasteiger partial charge in [0.05, 0.1) is 10.5 Å². The van der Waals surface area contributed by atoms with E-state index in [0.717, 1.165) is 6.07 Å². The maximum absolute atomic E-state index is 10.9. The Morgan fingerprint density at radius 3 is 2.26 bits per heavy atom. The van der Waals surface area contributed by atoms with Crippen molar-refractivity contribution in [1.29, 1.82) is 0 Å². The number of carbonyl (C=O) groups excluding carboxylic acids is 1. The van der Waals surface area contributed by atoms with E-state index in [4.69, 9.17) is 27.3 Å². The fourth-order valence-corrected chi connectivity index (χ4v) is 1.31. The number of nitro groups is 1. The van der Waals surface area contributed by atoms with Crippen molar-refractivity contribution in [3.8, 4) is 5.75 Å². The topological polar surface area (TPSA) is 125 Å². The number of nitro benzene ring substituents is 1. The minimum atomic E-state index is -0.798. The second-order valence-corrected chi connectivity index (χ2v) is 5.36. The number of benzene rings is 1. The van der Waals surface area contributed by atoms with Crippen molar-refractivity contribution in [3.63, 3.8) is 0 Å². The first-order chi connectivity index (χ1) is 10.0. The van der Waals surface area contributed by atoms with Gasteiger partial charge in [0.2, 0.25) is 5.91 Å². The van der Waals surface area contributed by atoms with Crippen LogP contribution in [0.3, 0.4) is 0 Å². The van der Waals surface area contributed by atoms with Crippen LogP contribution in [0.15, 0.2) is 12.1 Å². The first-order valence-corrected chi connectivity index (χ1v) is 6.43. The summed E-state index contributed by atoms with van der Waals surface area (Å²) in [6, 6.07) is 2.24. The molecular formula is C13H18ClN2O6Y-. The molecule has 0 unspecified atom stereocenters. The van der Waals surface area contributed by atoms with Gasteiger partial charge in [-0.25, -0.2) is 4.89 Å². The van der Waals surface area contributed by atoms with Gasteiger partial charge in [0.1, 0.15) is 5.75 Å². The molecule has 3 N–H and O–H groups in total. The molecule has 0 fully saturated rings. The van der Waals surface area contributed by atoms with Crippen LogP contribution >= 0.6 is 11.6 Å². The number of ether oxygens (including phenoxy) is 1. The molecule has 1 aromatic carbocycles. The van der Waals surface area contributed by atoms with Crippen LogP contribution in [0.4, 0.5) is 5.69 Å². The average molecular weight is 423 g/mol. The summed E-state index contributed by atoms with van der Waals surface area (Å²) < 4.78 is 4.96. The summed E-state index contributed by atoms with van der Waals surface area (Å²) in [4.78, 5) is 24.8. The summed E-state index contributed by atoms with van der Waals surface area (Å²) in [7, 11) is 0. The maximum Gasteiger partial charge on any atom is 0.292 e. The van der Waals surface area contributed by atoms with Crippen LogP contribution < -0.4 is 10.5 Å². The Hall–Kier alpha value is -0.796. The summed E-state index contributed by atoms with van der Waals surface area (Å²) >= 11 is 5.71. The van der Waals surface area contributed by atoms with E-state index in [1.54, 1.807) is 20.8 Å². The molecule has 0 heterocycles. The van der Waals surface area contributed by atoms with Crippen molar-refractivity contribution in [2.24, 2.45) is 5.73 Å². The van der Waals surface area contributed by atoms with Crippen LogP contribution in [0.5, 0.6) is 5.75 Å². The minimum Gasteiger partial charge on any atom is -0.524 e. The molecule has 10 heteroatoms. The Morgan fingerprint density at radius 1 is 1.48 bits per heavy atom. The molecule has 0 saturated heterocycles. The predicted molar refractivity (Wildman–Crippen MR) is 80.9 cm³/mol. The summed E-state index contributed by atoms with van der Waals surface area (Å²) in [6.07, 6.45) is 0. The molecule has 1 aromatic rings. The Bertz CT molecular complexity index is 548. The smallest absolute Gasteiger partial charge is 0.292 e. The first kappa shape index (κ1) is 24.5. The Balaban J connectivity index is 0. The fraction of sp³-hybridized carbons (Fsp3) is 0.385. The van der Waals surface area contributed by atoms with Crippen LogP contribution in [-0.4, -0.2) is 28.3 Å². The average Bonchev–Trinajstić information content (AvgIpc) is 2.40. The van der Waals surface area contributed by atoms with Crippen molar-refractivity contribution in [2.75, 3.05) is 6.61 Å². The molecule has 0 aromatic heterocycles. The van der Waals surface area contributed by atoms with Crippen molar-refractivity contribution in [2.45, 2.75) is 26.4 Å². The second kappa shape index (κ2) is 10.9. The van der Waals surface area contributed by atoms with Crippen LogP contribution in [0.1, 0.15) is 31.1 Å². The zero-order chi connectivity index (χ0) is 17.5. The Morgan fingerprint density at radius 2 is 1.96 bits per heavy atom. The molecule has 0 bridgehead atoms. The first-order valence-electron chi connectivity index (χ1n) is 6.05. The molecule has 1 radical (unpaired) electrons. The number of halogens is 1. The Labute approximate surface area is 164 Å². The third-order valence-corrected chi connectivity index (χ3v) is 2.41. The van der Waals surface area contributed by atoms with E-state index >= 15 is 0 Å². The molecule has 127 valence electrons. The number of nitrogens with two attached hydrogens (primary N) is 1. The van der Waals surface area contributed by atoms with Gasteiger partial charge in [-0.15, -0.1) is 0 Å². The van der Waals surface area contributed by atoms with Gasteiger partial charge in [-0.3, -0.25) is 20.2 Å².